The van der Waals surface area contributed by atoms with Crippen molar-refractivity contribution in [2.45, 2.75) is 19.8 Å². The summed E-state index contributed by atoms with van der Waals surface area (Å²) >= 11 is 1.58. The number of nitrogens with one attached hydrogen (secondary N) is 1. The Bertz CT molecular complexity index is 447. The van der Waals surface area contributed by atoms with Crippen LogP contribution in [0.25, 0.3) is 10.7 Å². The van der Waals surface area contributed by atoms with E-state index in [9.17, 15) is 0 Å². The third kappa shape index (κ3) is 2.02. The van der Waals surface area contributed by atoms with Crippen molar-refractivity contribution in [2.24, 2.45) is 0 Å². The molecule has 0 bridgehead atoms. The fraction of sp³-hybridized carbons (Fsp3) is 0.400. The van der Waals surface area contributed by atoms with E-state index in [1.54, 1.807) is 18.4 Å². The van der Waals surface area contributed by atoms with E-state index in [-0.39, 0.29) is 0 Å². The van der Waals surface area contributed by atoms with Crippen LogP contribution >= 0.6 is 11.3 Å². The smallest absolute Gasteiger partial charge is 0.191 e. The van der Waals surface area contributed by atoms with E-state index in [2.05, 4.69) is 29.0 Å². The Morgan fingerprint density at radius 1 is 1.47 bits per heavy atom. The van der Waals surface area contributed by atoms with E-state index >= 15 is 0 Å². The number of ether oxygens (including phenoxy) is 1. The molecule has 0 aliphatic carbocycles. The third-order valence-electron chi connectivity index (χ3n) is 2.08. The number of aromatic nitrogens is 3. The van der Waals surface area contributed by atoms with Crippen LogP contribution in [-0.4, -0.2) is 22.3 Å². The van der Waals surface area contributed by atoms with E-state index in [1.165, 1.54) is 0 Å². The highest BCUT2D eigenvalue weighted by Gasteiger charge is 2.10. The third-order valence-corrected chi connectivity index (χ3v) is 2.99. The minimum absolute atomic E-state index is 0.369. The Hall–Kier alpha value is -1.36. The zero-order valence-corrected chi connectivity index (χ0v) is 9.76. The zero-order valence-electron chi connectivity index (χ0n) is 8.94. The second-order valence-electron chi connectivity index (χ2n) is 3.55. The molecule has 2 heterocycles. The fourth-order valence-electron chi connectivity index (χ4n) is 1.19. The molecule has 0 saturated carbocycles. The molecule has 0 saturated heterocycles. The molecule has 1 N–H and O–H groups in total. The molecular weight excluding hydrogens is 210 g/mol. The number of nitrogens with zero attached hydrogens (tertiary/aromatic N) is 2. The van der Waals surface area contributed by atoms with Gasteiger partial charge in [-0.05, 0) is 0 Å². The Balaban J connectivity index is 2.28. The van der Waals surface area contributed by atoms with Gasteiger partial charge in [0, 0.05) is 17.4 Å². The first-order valence-corrected chi connectivity index (χ1v) is 5.64. The molecule has 0 radical (unpaired) electrons. The maximum atomic E-state index is 5.12. The molecule has 0 aliphatic rings. The largest absolute Gasteiger partial charge is 0.496 e. The Kier molecular flexibility index (Phi) is 2.73. The molecule has 15 heavy (non-hydrogen) atoms. The first-order chi connectivity index (χ1) is 7.20. The number of H-pyrrole nitrogens is 1. The quantitative estimate of drug-likeness (QED) is 0.870. The van der Waals surface area contributed by atoms with Crippen LogP contribution in [0.5, 0.6) is 5.75 Å². The Morgan fingerprint density at radius 2 is 2.27 bits per heavy atom. The molecule has 2 rings (SSSR count). The van der Waals surface area contributed by atoms with Crippen LogP contribution < -0.4 is 4.74 Å². The topological polar surface area (TPSA) is 50.8 Å². The summed E-state index contributed by atoms with van der Waals surface area (Å²) in [5, 5.41) is 9.05. The van der Waals surface area contributed by atoms with Crippen molar-refractivity contribution in [1.29, 1.82) is 0 Å². The van der Waals surface area contributed by atoms with Gasteiger partial charge in [0.2, 0.25) is 0 Å². The zero-order chi connectivity index (χ0) is 10.8. The van der Waals surface area contributed by atoms with Crippen molar-refractivity contribution in [3.8, 4) is 16.5 Å². The number of hydrogen-bond acceptors (Lipinski definition) is 4. The number of aromatic amines is 1. The van der Waals surface area contributed by atoms with Crippen LogP contribution in [0.2, 0.25) is 0 Å². The second-order valence-corrected chi connectivity index (χ2v) is 4.46. The van der Waals surface area contributed by atoms with Gasteiger partial charge in [-0.1, -0.05) is 13.8 Å². The van der Waals surface area contributed by atoms with E-state index in [0.29, 0.717) is 5.92 Å². The molecule has 0 fully saturated rings. The number of thiophene rings is 1. The lowest BCUT2D eigenvalue weighted by Crippen LogP contribution is -1.89. The normalized spacial score (nSPS) is 10.9. The van der Waals surface area contributed by atoms with Crippen molar-refractivity contribution in [3.63, 3.8) is 0 Å². The standard InChI is InChI=1S/C10H13N3OS/c1-6(2)9-11-10(13-12-9)8-4-7(14-3)5-15-8/h4-6H,1-3H3,(H,11,12,13). The average molecular weight is 223 g/mol. The molecular formula is C10H13N3OS. The van der Waals surface area contributed by atoms with E-state index in [0.717, 1.165) is 22.3 Å². The first kappa shape index (κ1) is 10.2. The van der Waals surface area contributed by atoms with Gasteiger partial charge in [0.1, 0.15) is 11.6 Å². The van der Waals surface area contributed by atoms with Crippen molar-refractivity contribution in [1.82, 2.24) is 15.2 Å². The first-order valence-electron chi connectivity index (χ1n) is 4.76. The van der Waals surface area contributed by atoms with Crippen LogP contribution in [0.15, 0.2) is 11.4 Å². The summed E-state index contributed by atoms with van der Waals surface area (Å²) < 4.78 is 5.12. The molecule has 2 aromatic rings. The molecule has 0 aliphatic heterocycles. The van der Waals surface area contributed by atoms with Crippen LogP contribution in [-0.2, 0) is 0 Å². The Morgan fingerprint density at radius 3 is 2.80 bits per heavy atom. The highest BCUT2D eigenvalue weighted by molar-refractivity contribution is 7.13. The van der Waals surface area contributed by atoms with E-state index < -0.39 is 0 Å². The van der Waals surface area contributed by atoms with Gasteiger partial charge in [-0.3, -0.25) is 5.10 Å². The highest BCUT2D eigenvalue weighted by Crippen LogP contribution is 2.28. The number of rotatable bonds is 3. The molecule has 5 heteroatoms. The predicted molar refractivity (Wildman–Crippen MR) is 60.3 cm³/mol. The monoisotopic (exact) mass is 223 g/mol. The van der Waals surface area contributed by atoms with Crippen molar-refractivity contribution in [2.75, 3.05) is 7.11 Å². The van der Waals surface area contributed by atoms with Gasteiger partial charge in [0.25, 0.3) is 0 Å². The highest BCUT2D eigenvalue weighted by atomic mass is 32.1. The summed E-state index contributed by atoms with van der Waals surface area (Å²) in [6.45, 7) is 4.17. The summed E-state index contributed by atoms with van der Waals surface area (Å²) in [5.41, 5.74) is 0. The molecule has 0 atom stereocenters. The molecule has 2 aromatic heterocycles. The summed E-state index contributed by atoms with van der Waals surface area (Å²) in [5.74, 6) is 2.88. The van der Waals surface area contributed by atoms with Gasteiger partial charge in [-0.15, -0.1) is 11.3 Å². The van der Waals surface area contributed by atoms with Gasteiger partial charge in [-0.25, -0.2) is 4.98 Å². The summed E-state index contributed by atoms with van der Waals surface area (Å²) in [4.78, 5) is 5.44. The van der Waals surface area contributed by atoms with Gasteiger partial charge in [0.05, 0.1) is 12.0 Å². The van der Waals surface area contributed by atoms with Gasteiger partial charge < -0.3 is 4.74 Å². The molecule has 0 amide bonds. The van der Waals surface area contributed by atoms with Crippen molar-refractivity contribution >= 4 is 11.3 Å². The van der Waals surface area contributed by atoms with Crippen LogP contribution in [0.3, 0.4) is 0 Å². The van der Waals surface area contributed by atoms with Crippen LogP contribution in [0.1, 0.15) is 25.6 Å². The van der Waals surface area contributed by atoms with Gasteiger partial charge >= 0.3 is 0 Å². The number of hydrogen-bond donors (Lipinski definition) is 1. The van der Waals surface area contributed by atoms with Gasteiger partial charge in [0.15, 0.2) is 5.82 Å². The van der Waals surface area contributed by atoms with Gasteiger partial charge in [-0.2, -0.15) is 5.10 Å². The van der Waals surface area contributed by atoms with E-state index in [4.69, 9.17) is 4.74 Å². The maximum Gasteiger partial charge on any atom is 0.191 e. The Labute approximate surface area is 92.3 Å². The predicted octanol–water partition coefficient (Wildman–Crippen LogP) is 2.67. The SMILES string of the molecule is COc1csc(-c2n[nH]c(C(C)C)n2)c1. The second kappa shape index (κ2) is 4.02. The summed E-state index contributed by atoms with van der Waals surface area (Å²) in [6, 6.07) is 1.94. The van der Waals surface area contributed by atoms with Crippen LogP contribution in [0.4, 0.5) is 0 Å². The fourth-order valence-corrected chi connectivity index (χ4v) is 1.97. The van der Waals surface area contributed by atoms with Crippen molar-refractivity contribution < 1.29 is 4.74 Å². The average Bonchev–Trinajstić information content (AvgIpc) is 2.86. The molecule has 0 spiro atoms. The number of methoxy groups -OCH3 is 1. The lowest BCUT2D eigenvalue weighted by molar-refractivity contribution is 0.417. The minimum atomic E-state index is 0.369. The molecule has 0 aromatic carbocycles. The summed E-state index contributed by atoms with van der Waals surface area (Å²) in [7, 11) is 1.66. The molecule has 4 nitrogen and oxygen atoms in total. The molecule has 80 valence electrons. The van der Waals surface area contributed by atoms with Crippen molar-refractivity contribution in [3.05, 3.63) is 17.3 Å². The molecule has 0 unspecified atom stereocenters. The van der Waals surface area contributed by atoms with E-state index in [1.807, 2.05) is 11.4 Å². The minimum Gasteiger partial charge on any atom is -0.496 e. The lowest BCUT2D eigenvalue weighted by atomic mass is 10.2. The maximum absolute atomic E-state index is 5.12. The lowest BCUT2D eigenvalue weighted by Gasteiger charge is -1.94. The van der Waals surface area contributed by atoms with Crippen LogP contribution in [0, 0.1) is 0 Å². The summed E-state index contributed by atoms with van der Waals surface area (Å²) in [6.07, 6.45) is 0.